The molecular weight excluding hydrogens is 333 g/mol. The van der Waals surface area contributed by atoms with E-state index in [1.165, 1.54) is 0 Å². The molecule has 1 heterocycles. The number of nitrogens with zero attached hydrogens (tertiary/aromatic N) is 1. The van der Waals surface area contributed by atoms with Crippen molar-refractivity contribution in [3.05, 3.63) is 34.9 Å². The molecule has 1 saturated heterocycles. The highest BCUT2D eigenvalue weighted by Crippen LogP contribution is 2.18. The van der Waals surface area contributed by atoms with Crippen LogP contribution in [0.4, 0.5) is 13.2 Å². The first kappa shape index (κ1) is 17.6. The van der Waals surface area contributed by atoms with E-state index in [1.54, 1.807) is 29.2 Å². The Morgan fingerprint density at radius 3 is 2.48 bits per heavy atom. The zero-order chi connectivity index (χ0) is 17.0. The molecule has 2 rings (SSSR count). The second kappa shape index (κ2) is 7.21. The molecular formula is C15H16ClF3N2O2. The predicted octanol–water partition coefficient (Wildman–Crippen LogP) is 2.55. The third kappa shape index (κ3) is 5.13. The fraction of sp³-hybridized carbons (Fsp3) is 0.467. The number of halogens is 4. The van der Waals surface area contributed by atoms with Crippen LogP contribution in [0.3, 0.4) is 0 Å². The van der Waals surface area contributed by atoms with Crippen molar-refractivity contribution in [3.8, 4) is 0 Å². The van der Waals surface area contributed by atoms with Crippen LogP contribution in [-0.4, -0.2) is 42.0 Å². The van der Waals surface area contributed by atoms with Crippen molar-refractivity contribution in [1.82, 2.24) is 10.2 Å². The molecule has 1 aliphatic rings. The largest absolute Gasteiger partial charge is 0.471 e. The van der Waals surface area contributed by atoms with Crippen molar-refractivity contribution in [3.63, 3.8) is 0 Å². The molecule has 1 aromatic carbocycles. The Morgan fingerprint density at radius 1 is 1.26 bits per heavy atom. The number of hydrogen-bond donors (Lipinski definition) is 1. The van der Waals surface area contributed by atoms with Crippen LogP contribution in [0.25, 0.3) is 0 Å². The molecule has 0 unspecified atom stereocenters. The van der Waals surface area contributed by atoms with Crippen LogP contribution in [0.2, 0.25) is 5.02 Å². The Hall–Kier alpha value is -1.76. The summed E-state index contributed by atoms with van der Waals surface area (Å²) in [6.07, 6.45) is -4.06. The summed E-state index contributed by atoms with van der Waals surface area (Å²) < 4.78 is 36.6. The van der Waals surface area contributed by atoms with Gasteiger partial charge in [-0.05, 0) is 30.5 Å². The van der Waals surface area contributed by atoms with Crippen LogP contribution in [0.5, 0.6) is 0 Å². The molecule has 0 bridgehead atoms. The molecule has 0 spiro atoms. The van der Waals surface area contributed by atoms with Gasteiger partial charge in [0.25, 0.3) is 0 Å². The Bertz CT molecular complexity index is 584. The van der Waals surface area contributed by atoms with E-state index in [1.807, 2.05) is 5.32 Å². The molecule has 1 aliphatic heterocycles. The molecule has 0 aromatic heterocycles. The van der Waals surface area contributed by atoms with Crippen LogP contribution >= 0.6 is 11.6 Å². The molecule has 0 radical (unpaired) electrons. The number of amides is 2. The van der Waals surface area contributed by atoms with Crippen molar-refractivity contribution in [1.29, 1.82) is 0 Å². The maximum absolute atomic E-state index is 12.2. The highest BCUT2D eigenvalue weighted by atomic mass is 35.5. The topological polar surface area (TPSA) is 49.4 Å². The predicted molar refractivity (Wildman–Crippen MR) is 79.0 cm³/mol. The van der Waals surface area contributed by atoms with Crippen molar-refractivity contribution >= 4 is 23.4 Å². The highest BCUT2D eigenvalue weighted by molar-refractivity contribution is 6.30. The lowest BCUT2D eigenvalue weighted by atomic mass is 10.0. The van der Waals surface area contributed by atoms with Gasteiger partial charge in [0.2, 0.25) is 5.91 Å². The SMILES string of the molecule is O=C(Cc1cccc(Cl)c1)N1CCC(NC(=O)C(F)(F)F)CC1. The summed E-state index contributed by atoms with van der Waals surface area (Å²) in [5.41, 5.74) is 0.787. The molecule has 4 nitrogen and oxygen atoms in total. The fourth-order valence-electron chi connectivity index (χ4n) is 2.47. The molecule has 126 valence electrons. The lowest BCUT2D eigenvalue weighted by molar-refractivity contribution is -0.174. The summed E-state index contributed by atoms with van der Waals surface area (Å²) in [7, 11) is 0. The minimum Gasteiger partial charge on any atom is -0.345 e. The molecule has 0 saturated carbocycles. The van der Waals surface area contributed by atoms with E-state index in [0.29, 0.717) is 31.0 Å². The lowest BCUT2D eigenvalue weighted by Crippen LogP contribution is -2.49. The summed E-state index contributed by atoms with van der Waals surface area (Å²) in [6, 6.07) is 6.41. The molecule has 0 aliphatic carbocycles. The van der Waals surface area contributed by atoms with Gasteiger partial charge in [-0.25, -0.2) is 0 Å². The summed E-state index contributed by atoms with van der Waals surface area (Å²) >= 11 is 5.86. The van der Waals surface area contributed by atoms with Gasteiger partial charge in [-0.2, -0.15) is 13.2 Å². The van der Waals surface area contributed by atoms with Gasteiger partial charge in [-0.3, -0.25) is 9.59 Å². The van der Waals surface area contributed by atoms with Crippen LogP contribution in [0.15, 0.2) is 24.3 Å². The number of rotatable bonds is 3. The first-order valence-corrected chi connectivity index (χ1v) is 7.53. The van der Waals surface area contributed by atoms with E-state index in [2.05, 4.69) is 0 Å². The highest BCUT2D eigenvalue weighted by Gasteiger charge is 2.40. The van der Waals surface area contributed by atoms with Crippen LogP contribution in [-0.2, 0) is 16.0 Å². The molecule has 0 atom stereocenters. The number of carbonyl (C=O) groups excluding carboxylic acids is 2. The van der Waals surface area contributed by atoms with Gasteiger partial charge in [0.05, 0.1) is 6.42 Å². The second-order valence-corrected chi connectivity index (χ2v) is 5.87. The quantitative estimate of drug-likeness (QED) is 0.912. The van der Waals surface area contributed by atoms with Crippen molar-refractivity contribution in [2.45, 2.75) is 31.5 Å². The van der Waals surface area contributed by atoms with E-state index in [-0.39, 0.29) is 12.3 Å². The maximum atomic E-state index is 12.2. The van der Waals surface area contributed by atoms with Gasteiger partial charge in [0, 0.05) is 24.2 Å². The minimum atomic E-state index is -4.88. The van der Waals surface area contributed by atoms with E-state index in [9.17, 15) is 22.8 Å². The zero-order valence-electron chi connectivity index (χ0n) is 12.2. The Labute approximate surface area is 136 Å². The lowest BCUT2D eigenvalue weighted by Gasteiger charge is -2.32. The van der Waals surface area contributed by atoms with Crippen LogP contribution in [0, 0.1) is 0 Å². The van der Waals surface area contributed by atoms with Gasteiger partial charge in [-0.15, -0.1) is 0 Å². The summed E-state index contributed by atoms with van der Waals surface area (Å²) in [6.45, 7) is 0.643. The number of hydrogen-bond acceptors (Lipinski definition) is 2. The standard InChI is InChI=1S/C15H16ClF3N2O2/c16-11-3-1-2-10(8-11)9-13(22)21-6-4-12(5-7-21)20-14(23)15(17,18)19/h1-3,8,12H,4-7,9H2,(H,20,23). The summed E-state index contributed by atoms with van der Waals surface area (Å²) in [5.74, 6) is -2.03. The number of likely N-dealkylation sites (tertiary alicyclic amines) is 1. The molecule has 8 heteroatoms. The van der Waals surface area contributed by atoms with E-state index >= 15 is 0 Å². The van der Waals surface area contributed by atoms with E-state index < -0.39 is 18.1 Å². The Morgan fingerprint density at radius 2 is 1.91 bits per heavy atom. The second-order valence-electron chi connectivity index (χ2n) is 5.43. The van der Waals surface area contributed by atoms with Gasteiger partial charge in [-0.1, -0.05) is 23.7 Å². The molecule has 1 fully saturated rings. The van der Waals surface area contributed by atoms with Crippen LogP contribution < -0.4 is 5.32 Å². The normalized spacial score (nSPS) is 16.3. The average Bonchev–Trinajstić information content (AvgIpc) is 2.47. The average molecular weight is 349 g/mol. The summed E-state index contributed by atoms with van der Waals surface area (Å²) in [4.78, 5) is 24.7. The van der Waals surface area contributed by atoms with Crippen molar-refractivity contribution in [2.24, 2.45) is 0 Å². The van der Waals surface area contributed by atoms with Crippen molar-refractivity contribution in [2.75, 3.05) is 13.1 Å². The Kier molecular flexibility index (Phi) is 5.51. The third-order valence-corrected chi connectivity index (χ3v) is 3.92. The monoisotopic (exact) mass is 348 g/mol. The Balaban J connectivity index is 1.82. The number of piperidine rings is 1. The van der Waals surface area contributed by atoms with Gasteiger partial charge >= 0.3 is 12.1 Å². The number of nitrogens with one attached hydrogen (secondary N) is 1. The summed E-state index contributed by atoms with van der Waals surface area (Å²) in [5, 5.41) is 2.50. The van der Waals surface area contributed by atoms with Crippen LogP contribution in [0.1, 0.15) is 18.4 Å². The first-order chi connectivity index (χ1) is 10.8. The molecule has 2 amide bonds. The molecule has 1 N–H and O–H groups in total. The van der Waals surface area contributed by atoms with Gasteiger partial charge in [0.15, 0.2) is 0 Å². The number of carbonyl (C=O) groups is 2. The van der Waals surface area contributed by atoms with Gasteiger partial charge in [0.1, 0.15) is 0 Å². The fourth-order valence-corrected chi connectivity index (χ4v) is 2.69. The third-order valence-electron chi connectivity index (χ3n) is 3.68. The smallest absolute Gasteiger partial charge is 0.345 e. The molecule has 1 aromatic rings. The number of alkyl halides is 3. The van der Waals surface area contributed by atoms with E-state index in [4.69, 9.17) is 11.6 Å². The van der Waals surface area contributed by atoms with E-state index in [0.717, 1.165) is 5.56 Å². The van der Waals surface area contributed by atoms with Gasteiger partial charge < -0.3 is 10.2 Å². The first-order valence-electron chi connectivity index (χ1n) is 7.15. The minimum absolute atomic E-state index is 0.104. The van der Waals surface area contributed by atoms with Crippen molar-refractivity contribution < 1.29 is 22.8 Å². The molecule has 23 heavy (non-hydrogen) atoms. The zero-order valence-corrected chi connectivity index (χ0v) is 13.0. The number of benzene rings is 1. The maximum Gasteiger partial charge on any atom is 0.471 e.